The summed E-state index contributed by atoms with van der Waals surface area (Å²) >= 11 is 0. The first-order valence-electron chi connectivity index (χ1n) is 7.84. The molecule has 1 saturated heterocycles. The predicted octanol–water partition coefficient (Wildman–Crippen LogP) is 2.83. The highest BCUT2D eigenvalue weighted by atomic mass is 19.1. The molecule has 0 aromatic heterocycles. The third kappa shape index (κ3) is 4.59. The van der Waals surface area contributed by atoms with E-state index >= 15 is 0 Å². The standard InChI is InChI=1S/C16H24FN3O2/c1-3-20-9-7-13(8-10-20)18-16(21)19-14-6-5-12(17)11-15(14)22-4-2/h5-6,11,13H,3-4,7-10H2,1-2H3,(H2,18,19,21). The normalized spacial score (nSPS) is 16.3. The van der Waals surface area contributed by atoms with Gasteiger partial charge in [-0.3, -0.25) is 0 Å². The number of hydrogen-bond donors (Lipinski definition) is 2. The van der Waals surface area contributed by atoms with Gasteiger partial charge in [-0.1, -0.05) is 6.92 Å². The van der Waals surface area contributed by atoms with Crippen LogP contribution in [0.5, 0.6) is 5.75 Å². The van der Waals surface area contributed by atoms with Gasteiger partial charge in [0, 0.05) is 25.2 Å². The number of piperidine rings is 1. The second-order valence-electron chi connectivity index (χ2n) is 5.38. The van der Waals surface area contributed by atoms with Crippen molar-refractivity contribution in [1.29, 1.82) is 0 Å². The van der Waals surface area contributed by atoms with Crippen molar-refractivity contribution in [3.8, 4) is 5.75 Å². The number of halogens is 1. The van der Waals surface area contributed by atoms with Gasteiger partial charge in [0.2, 0.25) is 0 Å². The molecular weight excluding hydrogens is 285 g/mol. The van der Waals surface area contributed by atoms with Crippen LogP contribution >= 0.6 is 0 Å². The Kier molecular flexibility index (Phi) is 6.00. The topological polar surface area (TPSA) is 53.6 Å². The van der Waals surface area contributed by atoms with Crippen molar-refractivity contribution in [2.24, 2.45) is 0 Å². The third-order valence-corrected chi connectivity index (χ3v) is 3.86. The van der Waals surface area contributed by atoms with Crippen LogP contribution in [0, 0.1) is 5.82 Å². The summed E-state index contributed by atoms with van der Waals surface area (Å²) in [6.45, 7) is 7.42. The van der Waals surface area contributed by atoms with Gasteiger partial charge in [0.1, 0.15) is 11.6 Å². The smallest absolute Gasteiger partial charge is 0.319 e. The van der Waals surface area contributed by atoms with Gasteiger partial charge in [0.15, 0.2) is 0 Å². The average molecular weight is 309 g/mol. The fourth-order valence-corrected chi connectivity index (χ4v) is 2.61. The number of carbonyl (C=O) groups excluding carboxylic acids is 1. The van der Waals surface area contributed by atoms with Crippen LogP contribution in [0.2, 0.25) is 0 Å². The number of likely N-dealkylation sites (tertiary alicyclic amines) is 1. The molecule has 0 aliphatic carbocycles. The fraction of sp³-hybridized carbons (Fsp3) is 0.562. The van der Waals surface area contributed by atoms with Gasteiger partial charge in [0.05, 0.1) is 12.3 Å². The van der Waals surface area contributed by atoms with Crippen molar-refractivity contribution in [3.63, 3.8) is 0 Å². The van der Waals surface area contributed by atoms with Crippen LogP contribution in [0.3, 0.4) is 0 Å². The van der Waals surface area contributed by atoms with Crippen LogP contribution in [0.1, 0.15) is 26.7 Å². The lowest BCUT2D eigenvalue weighted by Crippen LogP contribution is -2.45. The van der Waals surface area contributed by atoms with Gasteiger partial charge in [-0.05, 0) is 38.4 Å². The second kappa shape index (κ2) is 7.98. The van der Waals surface area contributed by atoms with E-state index in [1.807, 2.05) is 6.92 Å². The van der Waals surface area contributed by atoms with Crippen LogP contribution < -0.4 is 15.4 Å². The number of carbonyl (C=O) groups is 1. The summed E-state index contributed by atoms with van der Waals surface area (Å²) in [5, 5.41) is 5.71. The highest BCUT2D eigenvalue weighted by Crippen LogP contribution is 2.25. The van der Waals surface area contributed by atoms with Crippen molar-refractivity contribution < 1.29 is 13.9 Å². The summed E-state index contributed by atoms with van der Waals surface area (Å²) in [6, 6.07) is 4.00. The van der Waals surface area contributed by atoms with E-state index in [9.17, 15) is 9.18 Å². The third-order valence-electron chi connectivity index (χ3n) is 3.86. The maximum Gasteiger partial charge on any atom is 0.319 e. The molecule has 1 aromatic rings. The van der Waals surface area contributed by atoms with E-state index in [1.165, 1.54) is 18.2 Å². The van der Waals surface area contributed by atoms with E-state index in [4.69, 9.17) is 4.74 Å². The number of nitrogens with one attached hydrogen (secondary N) is 2. The van der Waals surface area contributed by atoms with E-state index in [-0.39, 0.29) is 17.9 Å². The summed E-state index contributed by atoms with van der Waals surface area (Å²) in [5.74, 6) is -0.0419. The molecule has 22 heavy (non-hydrogen) atoms. The lowest BCUT2D eigenvalue weighted by Gasteiger charge is -2.31. The second-order valence-corrected chi connectivity index (χ2v) is 5.38. The zero-order valence-electron chi connectivity index (χ0n) is 13.2. The molecule has 1 aliphatic heterocycles. The number of urea groups is 1. The molecule has 0 saturated carbocycles. The number of ether oxygens (including phenoxy) is 1. The van der Waals surface area contributed by atoms with Gasteiger partial charge < -0.3 is 20.3 Å². The number of amides is 2. The summed E-state index contributed by atoms with van der Waals surface area (Å²) in [4.78, 5) is 14.5. The predicted molar refractivity (Wildman–Crippen MR) is 84.9 cm³/mol. The summed E-state index contributed by atoms with van der Waals surface area (Å²) in [5.41, 5.74) is 0.478. The Balaban J connectivity index is 1.89. The molecule has 122 valence electrons. The molecule has 6 heteroatoms. The summed E-state index contributed by atoms with van der Waals surface area (Å²) < 4.78 is 18.6. The monoisotopic (exact) mass is 309 g/mol. The molecule has 5 nitrogen and oxygen atoms in total. The number of anilines is 1. The lowest BCUT2D eigenvalue weighted by atomic mass is 10.1. The Morgan fingerprint density at radius 3 is 2.73 bits per heavy atom. The molecule has 0 bridgehead atoms. The molecular formula is C16H24FN3O2. The zero-order valence-corrected chi connectivity index (χ0v) is 13.2. The van der Waals surface area contributed by atoms with E-state index in [1.54, 1.807) is 0 Å². The van der Waals surface area contributed by atoms with Crippen molar-refractivity contribution in [3.05, 3.63) is 24.0 Å². The van der Waals surface area contributed by atoms with E-state index in [0.717, 1.165) is 32.5 Å². The molecule has 1 aromatic carbocycles. The first kappa shape index (κ1) is 16.5. The Bertz CT molecular complexity index is 502. The van der Waals surface area contributed by atoms with Gasteiger partial charge in [0.25, 0.3) is 0 Å². The van der Waals surface area contributed by atoms with Crippen LogP contribution in [0.4, 0.5) is 14.9 Å². The Labute approximate surface area is 130 Å². The van der Waals surface area contributed by atoms with Crippen molar-refractivity contribution in [1.82, 2.24) is 10.2 Å². The molecule has 2 amide bonds. The van der Waals surface area contributed by atoms with Crippen molar-refractivity contribution in [2.75, 3.05) is 31.6 Å². The molecule has 2 N–H and O–H groups in total. The number of benzene rings is 1. The molecule has 1 aliphatic rings. The molecule has 0 atom stereocenters. The summed E-state index contributed by atoms with van der Waals surface area (Å²) in [6.07, 6.45) is 1.89. The molecule has 1 fully saturated rings. The maximum atomic E-state index is 13.2. The van der Waals surface area contributed by atoms with Crippen molar-refractivity contribution in [2.45, 2.75) is 32.7 Å². The Morgan fingerprint density at radius 1 is 1.36 bits per heavy atom. The number of nitrogens with zero attached hydrogens (tertiary/aromatic N) is 1. The Hall–Kier alpha value is -1.82. The highest BCUT2D eigenvalue weighted by Gasteiger charge is 2.20. The number of rotatable bonds is 5. The fourth-order valence-electron chi connectivity index (χ4n) is 2.61. The van der Waals surface area contributed by atoms with Crippen LogP contribution in [-0.4, -0.2) is 43.2 Å². The van der Waals surface area contributed by atoms with Gasteiger partial charge in [-0.2, -0.15) is 0 Å². The maximum absolute atomic E-state index is 13.2. The van der Waals surface area contributed by atoms with Crippen LogP contribution in [0.25, 0.3) is 0 Å². The molecule has 1 heterocycles. The van der Waals surface area contributed by atoms with E-state index in [2.05, 4.69) is 22.5 Å². The first-order chi connectivity index (χ1) is 10.6. The molecule has 0 radical (unpaired) electrons. The van der Waals surface area contributed by atoms with E-state index < -0.39 is 0 Å². The van der Waals surface area contributed by atoms with Gasteiger partial charge >= 0.3 is 6.03 Å². The van der Waals surface area contributed by atoms with Crippen molar-refractivity contribution >= 4 is 11.7 Å². The number of hydrogen-bond acceptors (Lipinski definition) is 3. The molecule has 0 unspecified atom stereocenters. The Morgan fingerprint density at radius 2 is 2.09 bits per heavy atom. The van der Waals surface area contributed by atoms with Crippen LogP contribution in [0.15, 0.2) is 18.2 Å². The SMILES string of the molecule is CCOc1cc(F)ccc1NC(=O)NC1CCN(CC)CC1. The minimum Gasteiger partial charge on any atom is -0.492 e. The van der Waals surface area contributed by atoms with Crippen LogP contribution in [-0.2, 0) is 0 Å². The average Bonchev–Trinajstić information content (AvgIpc) is 2.51. The van der Waals surface area contributed by atoms with E-state index in [0.29, 0.717) is 18.0 Å². The highest BCUT2D eigenvalue weighted by molar-refractivity contribution is 5.91. The first-order valence-corrected chi connectivity index (χ1v) is 7.84. The lowest BCUT2D eigenvalue weighted by molar-refractivity contribution is 0.203. The largest absolute Gasteiger partial charge is 0.492 e. The molecule has 2 rings (SSSR count). The quantitative estimate of drug-likeness (QED) is 0.879. The molecule has 0 spiro atoms. The van der Waals surface area contributed by atoms with Gasteiger partial charge in [-0.15, -0.1) is 0 Å². The van der Waals surface area contributed by atoms with Gasteiger partial charge in [-0.25, -0.2) is 9.18 Å². The zero-order chi connectivity index (χ0) is 15.9. The minimum atomic E-state index is -0.388. The minimum absolute atomic E-state index is 0.179. The summed E-state index contributed by atoms with van der Waals surface area (Å²) in [7, 11) is 0.